The van der Waals surface area contributed by atoms with Gasteiger partial charge in [-0.15, -0.1) is 0 Å². The van der Waals surface area contributed by atoms with Gasteiger partial charge in [0, 0.05) is 18.3 Å². The van der Waals surface area contributed by atoms with Gasteiger partial charge in [-0.2, -0.15) is 0 Å². The first kappa shape index (κ1) is 16.5. The summed E-state index contributed by atoms with van der Waals surface area (Å²) in [6.45, 7) is 8.75. The lowest BCUT2D eigenvalue weighted by Crippen LogP contribution is -2.27. The van der Waals surface area contributed by atoms with Crippen molar-refractivity contribution in [3.8, 4) is 0 Å². The van der Waals surface area contributed by atoms with Crippen molar-refractivity contribution in [2.24, 2.45) is 0 Å². The molecule has 1 rings (SSSR count). The van der Waals surface area contributed by atoms with E-state index in [2.05, 4.69) is 24.5 Å². The van der Waals surface area contributed by atoms with Crippen LogP contribution >= 0.6 is 0 Å². The van der Waals surface area contributed by atoms with Crippen molar-refractivity contribution in [3.05, 3.63) is 29.8 Å². The summed E-state index contributed by atoms with van der Waals surface area (Å²) in [5.74, 6) is 0. The van der Waals surface area contributed by atoms with Crippen molar-refractivity contribution in [1.29, 1.82) is 0 Å². The third-order valence-corrected chi connectivity index (χ3v) is 3.16. The molecule has 0 saturated carbocycles. The van der Waals surface area contributed by atoms with Crippen LogP contribution in [0.15, 0.2) is 24.3 Å². The number of rotatable bonds is 7. The fraction of sp³-hybridized carbons (Fsp3) is 0.562. The molecule has 0 saturated heterocycles. The van der Waals surface area contributed by atoms with E-state index in [0.717, 1.165) is 30.6 Å². The summed E-state index contributed by atoms with van der Waals surface area (Å²) < 4.78 is 5.11. The molecule has 0 aliphatic rings. The molecule has 1 aromatic rings. The van der Waals surface area contributed by atoms with E-state index in [1.165, 1.54) is 0 Å². The largest absolute Gasteiger partial charge is 0.447 e. The fourth-order valence-electron chi connectivity index (χ4n) is 1.98. The molecule has 0 aliphatic carbocycles. The Balaban J connectivity index is 2.65. The van der Waals surface area contributed by atoms with E-state index < -0.39 is 6.09 Å². The van der Waals surface area contributed by atoms with Crippen LogP contribution in [-0.2, 0) is 11.3 Å². The van der Waals surface area contributed by atoms with Gasteiger partial charge in [0.25, 0.3) is 0 Å². The van der Waals surface area contributed by atoms with Crippen LogP contribution in [-0.4, -0.2) is 18.2 Å². The van der Waals surface area contributed by atoms with Gasteiger partial charge >= 0.3 is 6.09 Å². The molecule has 1 aromatic carbocycles. The van der Waals surface area contributed by atoms with Crippen LogP contribution in [0.25, 0.3) is 0 Å². The molecule has 20 heavy (non-hydrogen) atoms. The molecule has 0 fully saturated rings. The third kappa shape index (κ3) is 5.61. The molecule has 0 bridgehead atoms. The van der Waals surface area contributed by atoms with Gasteiger partial charge in [-0.05, 0) is 38.3 Å². The summed E-state index contributed by atoms with van der Waals surface area (Å²) in [6, 6.07) is 8.30. The molecule has 1 amide bonds. The van der Waals surface area contributed by atoms with Crippen molar-refractivity contribution in [2.75, 3.05) is 5.32 Å². The summed E-state index contributed by atoms with van der Waals surface area (Å²) in [6.07, 6.45) is 1.67. The number of hydrogen-bond donors (Lipinski definition) is 2. The second-order valence-electron chi connectivity index (χ2n) is 5.13. The number of para-hydroxylation sites is 1. The first-order valence-corrected chi connectivity index (χ1v) is 7.35. The Morgan fingerprint density at radius 1 is 1.20 bits per heavy atom. The Morgan fingerprint density at radius 3 is 2.45 bits per heavy atom. The van der Waals surface area contributed by atoms with Gasteiger partial charge in [-0.3, -0.25) is 5.32 Å². The predicted molar refractivity (Wildman–Crippen MR) is 82.9 cm³/mol. The van der Waals surface area contributed by atoms with E-state index in [1.807, 2.05) is 38.1 Å². The van der Waals surface area contributed by atoms with Gasteiger partial charge in [0.05, 0.1) is 6.10 Å². The zero-order valence-electron chi connectivity index (χ0n) is 12.9. The predicted octanol–water partition coefficient (Wildman–Crippen LogP) is 3.92. The highest BCUT2D eigenvalue weighted by atomic mass is 16.6. The second kappa shape index (κ2) is 8.59. The molecule has 4 heteroatoms. The Bertz CT molecular complexity index is 415. The highest BCUT2D eigenvalue weighted by Crippen LogP contribution is 2.16. The molecule has 0 radical (unpaired) electrons. The molecule has 0 aliphatic heterocycles. The second-order valence-corrected chi connectivity index (χ2v) is 5.13. The maximum absolute atomic E-state index is 11.7. The van der Waals surface area contributed by atoms with Gasteiger partial charge < -0.3 is 10.1 Å². The zero-order valence-corrected chi connectivity index (χ0v) is 12.9. The van der Waals surface area contributed by atoms with Crippen molar-refractivity contribution in [1.82, 2.24) is 5.32 Å². The lowest BCUT2D eigenvalue weighted by atomic mass is 10.1. The average molecular weight is 278 g/mol. The Morgan fingerprint density at radius 2 is 1.85 bits per heavy atom. The van der Waals surface area contributed by atoms with Crippen molar-refractivity contribution >= 4 is 11.8 Å². The van der Waals surface area contributed by atoms with Gasteiger partial charge in [0.15, 0.2) is 0 Å². The number of anilines is 1. The van der Waals surface area contributed by atoms with Crippen molar-refractivity contribution < 1.29 is 9.53 Å². The molecule has 0 aromatic heterocycles. The lowest BCUT2D eigenvalue weighted by molar-refractivity contribution is 0.130. The van der Waals surface area contributed by atoms with E-state index in [4.69, 9.17) is 4.74 Å². The van der Waals surface area contributed by atoms with E-state index in [9.17, 15) is 4.79 Å². The average Bonchev–Trinajstić information content (AvgIpc) is 2.40. The maximum atomic E-state index is 11.7. The lowest BCUT2D eigenvalue weighted by Gasteiger charge is -2.17. The standard InChI is InChI=1S/C16H26N2O2/c1-5-14(6-2)17-11-13-9-7-8-10-15(13)18-16(19)20-12(3)4/h7-10,12,14,17H,5-6,11H2,1-4H3,(H,18,19). The topological polar surface area (TPSA) is 50.4 Å². The summed E-state index contributed by atoms with van der Waals surface area (Å²) in [7, 11) is 0. The molecular formula is C16H26N2O2. The number of carbonyl (C=O) groups excluding carboxylic acids is 1. The van der Waals surface area contributed by atoms with Crippen LogP contribution in [0, 0.1) is 0 Å². The highest BCUT2D eigenvalue weighted by molar-refractivity contribution is 5.85. The monoisotopic (exact) mass is 278 g/mol. The maximum Gasteiger partial charge on any atom is 0.411 e. The molecule has 0 spiro atoms. The fourth-order valence-corrected chi connectivity index (χ4v) is 1.98. The minimum absolute atomic E-state index is 0.121. The molecule has 4 nitrogen and oxygen atoms in total. The van der Waals surface area contributed by atoms with E-state index in [-0.39, 0.29) is 6.10 Å². The Hall–Kier alpha value is -1.55. The first-order valence-electron chi connectivity index (χ1n) is 7.35. The number of carbonyl (C=O) groups is 1. The zero-order chi connectivity index (χ0) is 15.0. The number of hydrogen-bond acceptors (Lipinski definition) is 3. The van der Waals surface area contributed by atoms with Crippen LogP contribution < -0.4 is 10.6 Å². The van der Waals surface area contributed by atoms with E-state index >= 15 is 0 Å². The number of nitrogens with one attached hydrogen (secondary N) is 2. The molecule has 0 unspecified atom stereocenters. The number of amides is 1. The summed E-state index contributed by atoms with van der Waals surface area (Å²) in [5.41, 5.74) is 1.87. The quantitative estimate of drug-likeness (QED) is 0.794. The van der Waals surface area contributed by atoms with Gasteiger partial charge in [0.2, 0.25) is 0 Å². The van der Waals surface area contributed by atoms with Gasteiger partial charge in [-0.1, -0.05) is 32.0 Å². The van der Waals surface area contributed by atoms with E-state index in [1.54, 1.807) is 0 Å². The summed E-state index contributed by atoms with van der Waals surface area (Å²) in [4.78, 5) is 11.7. The minimum Gasteiger partial charge on any atom is -0.447 e. The third-order valence-electron chi connectivity index (χ3n) is 3.16. The Kier molecular flexibility index (Phi) is 7.09. The van der Waals surface area contributed by atoms with Crippen LogP contribution in [0.5, 0.6) is 0 Å². The van der Waals surface area contributed by atoms with Gasteiger partial charge in [-0.25, -0.2) is 4.79 Å². The molecule has 2 N–H and O–H groups in total. The number of benzene rings is 1. The van der Waals surface area contributed by atoms with Gasteiger partial charge in [0.1, 0.15) is 0 Å². The normalized spacial score (nSPS) is 10.9. The molecule has 0 heterocycles. The number of ether oxygens (including phenoxy) is 1. The first-order chi connectivity index (χ1) is 9.56. The van der Waals surface area contributed by atoms with Crippen molar-refractivity contribution in [2.45, 2.75) is 59.2 Å². The SMILES string of the molecule is CCC(CC)NCc1ccccc1NC(=O)OC(C)C. The smallest absolute Gasteiger partial charge is 0.411 e. The Labute approximate surface area is 121 Å². The minimum atomic E-state index is -0.407. The highest BCUT2D eigenvalue weighted by Gasteiger charge is 2.10. The van der Waals surface area contributed by atoms with Crippen LogP contribution in [0.1, 0.15) is 46.1 Å². The molecular weight excluding hydrogens is 252 g/mol. The van der Waals surface area contributed by atoms with Crippen LogP contribution in [0.3, 0.4) is 0 Å². The van der Waals surface area contributed by atoms with Crippen molar-refractivity contribution in [3.63, 3.8) is 0 Å². The van der Waals surface area contributed by atoms with Crippen LogP contribution in [0.4, 0.5) is 10.5 Å². The molecule has 0 atom stereocenters. The summed E-state index contributed by atoms with van der Waals surface area (Å²) >= 11 is 0. The van der Waals surface area contributed by atoms with E-state index in [0.29, 0.717) is 6.04 Å². The van der Waals surface area contributed by atoms with Crippen LogP contribution in [0.2, 0.25) is 0 Å². The molecule has 112 valence electrons. The summed E-state index contributed by atoms with van der Waals surface area (Å²) in [5, 5.41) is 6.30.